The van der Waals surface area contributed by atoms with Gasteiger partial charge in [0.15, 0.2) is 5.16 Å². The molecule has 0 radical (unpaired) electrons. The van der Waals surface area contributed by atoms with Crippen LogP contribution in [0, 0.1) is 34.1 Å². The van der Waals surface area contributed by atoms with E-state index in [0.29, 0.717) is 23.1 Å². The molecule has 0 aliphatic heterocycles. The Morgan fingerprint density at radius 1 is 0.957 bits per heavy atom. The Balaban J connectivity index is 2.38. The Hall–Kier alpha value is -2.88. The summed E-state index contributed by atoms with van der Waals surface area (Å²) >= 11 is 0.660. The highest BCUT2D eigenvalue weighted by molar-refractivity contribution is 8.14. The number of hydrogen-bond donors (Lipinski definition) is 0. The van der Waals surface area contributed by atoms with E-state index >= 15 is 0 Å². The van der Waals surface area contributed by atoms with Crippen molar-refractivity contribution in [2.75, 3.05) is 0 Å². The second-order valence-corrected chi connectivity index (χ2v) is 5.52. The smallest absolute Gasteiger partial charge is 0.277 e. The van der Waals surface area contributed by atoms with Gasteiger partial charge in [0.25, 0.3) is 11.4 Å². The van der Waals surface area contributed by atoms with Crippen LogP contribution in [0.15, 0.2) is 29.4 Å². The molecule has 0 saturated heterocycles. The minimum atomic E-state index is -0.790. The molecule has 10 heteroatoms. The molecular weight excluding hydrogens is 324 g/mol. The maximum absolute atomic E-state index is 12.2. The molecule has 0 aliphatic carbocycles. The molecule has 2 rings (SSSR count). The first-order valence-corrected chi connectivity index (χ1v) is 7.06. The average molecular weight is 334 g/mol. The van der Waals surface area contributed by atoms with Gasteiger partial charge in [0.1, 0.15) is 0 Å². The lowest BCUT2D eigenvalue weighted by molar-refractivity contribution is -0.394. The third kappa shape index (κ3) is 4.07. The standard InChI is InChI=1S/C13H10N4O5S/c1-7-3-8(2)15-13(14-7)23-12(18)9-4-10(16(19)20)6-11(5-9)17(21)22/h3-6H,1-2H3. The van der Waals surface area contributed by atoms with Gasteiger partial charge in [-0.2, -0.15) is 0 Å². The van der Waals surface area contributed by atoms with E-state index in [4.69, 9.17) is 0 Å². The number of nitro benzene ring substituents is 2. The predicted octanol–water partition coefficient (Wildman–Crippen LogP) is 2.84. The number of carbonyl (C=O) groups is 1. The van der Waals surface area contributed by atoms with Gasteiger partial charge >= 0.3 is 0 Å². The maximum atomic E-state index is 12.2. The van der Waals surface area contributed by atoms with Crippen molar-refractivity contribution in [1.82, 2.24) is 9.97 Å². The number of thioether (sulfide) groups is 1. The highest BCUT2D eigenvalue weighted by Gasteiger charge is 2.21. The fourth-order valence-corrected chi connectivity index (χ4v) is 2.59. The molecule has 0 fully saturated rings. The number of carbonyl (C=O) groups excluding carboxylic acids is 1. The highest BCUT2D eigenvalue weighted by atomic mass is 32.2. The molecule has 118 valence electrons. The summed E-state index contributed by atoms with van der Waals surface area (Å²) < 4.78 is 0. The van der Waals surface area contributed by atoms with Crippen LogP contribution in [0.1, 0.15) is 21.7 Å². The van der Waals surface area contributed by atoms with Gasteiger partial charge in [-0.05, 0) is 31.7 Å². The van der Waals surface area contributed by atoms with Gasteiger partial charge in [0.05, 0.1) is 15.9 Å². The second kappa shape index (κ2) is 6.48. The molecular formula is C13H10N4O5S. The summed E-state index contributed by atoms with van der Waals surface area (Å²) in [7, 11) is 0. The average Bonchev–Trinajstić information content (AvgIpc) is 2.45. The van der Waals surface area contributed by atoms with Crippen molar-refractivity contribution >= 4 is 28.3 Å². The van der Waals surface area contributed by atoms with Crippen LogP contribution in [0.2, 0.25) is 0 Å². The molecule has 9 nitrogen and oxygen atoms in total. The van der Waals surface area contributed by atoms with Crippen molar-refractivity contribution in [3.8, 4) is 0 Å². The van der Waals surface area contributed by atoms with E-state index in [1.54, 1.807) is 19.9 Å². The van der Waals surface area contributed by atoms with Crippen LogP contribution in [-0.2, 0) is 0 Å². The fourth-order valence-electron chi connectivity index (χ4n) is 1.80. The number of benzene rings is 1. The maximum Gasteiger partial charge on any atom is 0.277 e. The number of nitrogens with zero attached hydrogens (tertiary/aromatic N) is 4. The van der Waals surface area contributed by atoms with Gasteiger partial charge in [-0.25, -0.2) is 9.97 Å². The first-order chi connectivity index (χ1) is 10.8. The Labute approximate surface area is 134 Å². The van der Waals surface area contributed by atoms with E-state index in [9.17, 15) is 25.0 Å². The Bertz CT molecular complexity index is 772. The van der Waals surface area contributed by atoms with Crippen molar-refractivity contribution < 1.29 is 14.6 Å². The van der Waals surface area contributed by atoms with Crippen molar-refractivity contribution in [1.29, 1.82) is 0 Å². The molecule has 0 unspecified atom stereocenters. The largest absolute Gasteiger partial charge is 0.281 e. The zero-order chi connectivity index (χ0) is 17.1. The molecule has 1 aromatic heterocycles. The monoisotopic (exact) mass is 334 g/mol. The van der Waals surface area contributed by atoms with E-state index in [1.165, 1.54) is 0 Å². The summed E-state index contributed by atoms with van der Waals surface area (Å²) in [5.41, 5.74) is 0.128. The number of nitro groups is 2. The van der Waals surface area contributed by atoms with E-state index in [-0.39, 0.29) is 10.7 Å². The highest BCUT2D eigenvalue weighted by Crippen LogP contribution is 2.27. The Kier molecular flexibility index (Phi) is 4.65. The molecule has 0 aliphatic rings. The summed E-state index contributed by atoms with van der Waals surface area (Å²) in [6.45, 7) is 3.48. The lowest BCUT2D eigenvalue weighted by Gasteiger charge is -2.03. The number of rotatable bonds is 4. The van der Waals surface area contributed by atoms with Crippen molar-refractivity contribution in [3.05, 3.63) is 61.4 Å². The van der Waals surface area contributed by atoms with Crippen LogP contribution in [-0.4, -0.2) is 24.9 Å². The zero-order valence-electron chi connectivity index (χ0n) is 12.0. The van der Waals surface area contributed by atoms with Crippen molar-refractivity contribution in [2.24, 2.45) is 0 Å². The van der Waals surface area contributed by atoms with Gasteiger partial charge in [-0.3, -0.25) is 25.0 Å². The molecule has 1 heterocycles. The molecule has 1 aromatic carbocycles. The number of aryl methyl sites for hydroxylation is 2. The second-order valence-electron chi connectivity index (χ2n) is 4.58. The SMILES string of the molecule is Cc1cc(C)nc(SC(=O)c2cc([N+](=O)[O-])cc([N+](=O)[O-])c2)n1. The zero-order valence-corrected chi connectivity index (χ0v) is 12.9. The minimum absolute atomic E-state index is 0.154. The Morgan fingerprint density at radius 3 is 1.87 bits per heavy atom. The van der Waals surface area contributed by atoms with Crippen molar-refractivity contribution in [2.45, 2.75) is 19.0 Å². The van der Waals surface area contributed by atoms with E-state index in [0.717, 1.165) is 18.2 Å². The van der Waals surface area contributed by atoms with E-state index in [2.05, 4.69) is 9.97 Å². The van der Waals surface area contributed by atoms with Crippen LogP contribution in [0.3, 0.4) is 0 Å². The summed E-state index contributed by atoms with van der Waals surface area (Å²) in [4.78, 5) is 40.5. The lowest BCUT2D eigenvalue weighted by Crippen LogP contribution is -2.01. The van der Waals surface area contributed by atoms with Crippen LogP contribution >= 0.6 is 11.8 Å². The molecule has 23 heavy (non-hydrogen) atoms. The summed E-state index contributed by atoms with van der Waals surface area (Å²) in [5.74, 6) is 0. The first kappa shape index (κ1) is 16.5. The number of hydrogen-bond acceptors (Lipinski definition) is 8. The number of aromatic nitrogens is 2. The van der Waals surface area contributed by atoms with Crippen LogP contribution in [0.25, 0.3) is 0 Å². The number of non-ortho nitro benzene ring substituents is 2. The predicted molar refractivity (Wildman–Crippen MR) is 81.4 cm³/mol. The molecule has 0 atom stereocenters. The van der Waals surface area contributed by atoms with Gasteiger partial charge in [0.2, 0.25) is 5.12 Å². The van der Waals surface area contributed by atoms with Crippen LogP contribution in [0.5, 0.6) is 0 Å². The molecule has 0 bridgehead atoms. The van der Waals surface area contributed by atoms with Gasteiger partial charge < -0.3 is 0 Å². The third-order valence-corrected chi connectivity index (χ3v) is 3.49. The quantitative estimate of drug-likeness (QED) is 0.361. The summed E-state index contributed by atoms with van der Waals surface area (Å²) in [6, 6.07) is 4.51. The van der Waals surface area contributed by atoms with E-state index in [1.807, 2.05) is 0 Å². The molecule has 0 N–H and O–H groups in total. The van der Waals surface area contributed by atoms with Crippen LogP contribution in [0.4, 0.5) is 11.4 Å². The fraction of sp³-hybridized carbons (Fsp3) is 0.154. The van der Waals surface area contributed by atoms with Crippen molar-refractivity contribution in [3.63, 3.8) is 0 Å². The van der Waals surface area contributed by atoms with Gasteiger partial charge in [0, 0.05) is 29.1 Å². The summed E-state index contributed by atoms with van der Waals surface area (Å²) in [6.07, 6.45) is 0. The Morgan fingerprint density at radius 2 is 1.43 bits per heavy atom. The molecule has 0 amide bonds. The lowest BCUT2D eigenvalue weighted by atomic mass is 10.2. The molecule has 2 aromatic rings. The molecule has 0 saturated carbocycles. The van der Waals surface area contributed by atoms with Gasteiger partial charge in [-0.15, -0.1) is 0 Å². The van der Waals surface area contributed by atoms with E-state index < -0.39 is 26.3 Å². The normalized spacial score (nSPS) is 10.3. The third-order valence-electron chi connectivity index (χ3n) is 2.71. The molecule has 0 spiro atoms. The van der Waals surface area contributed by atoms with Gasteiger partial charge in [-0.1, -0.05) is 0 Å². The topological polar surface area (TPSA) is 129 Å². The summed E-state index contributed by atoms with van der Waals surface area (Å²) in [5, 5.41) is 21.2. The minimum Gasteiger partial charge on any atom is -0.281 e. The first-order valence-electron chi connectivity index (χ1n) is 6.24. The van der Waals surface area contributed by atoms with Crippen LogP contribution < -0.4 is 0 Å².